The van der Waals surface area contributed by atoms with Crippen molar-refractivity contribution in [3.63, 3.8) is 0 Å². The Morgan fingerprint density at radius 3 is 3.00 bits per heavy atom. The molecule has 0 spiro atoms. The largest absolute Gasteiger partial charge is 0.358 e. The Bertz CT molecular complexity index is 353. The molecule has 0 bridgehead atoms. The lowest BCUT2D eigenvalue weighted by Gasteiger charge is -2.04. The van der Waals surface area contributed by atoms with Gasteiger partial charge in [0.2, 0.25) is 5.91 Å². The van der Waals surface area contributed by atoms with Crippen molar-refractivity contribution >= 4 is 18.1 Å². The number of nitrogens with one attached hydrogen (secondary N) is 2. The number of aryl methyl sites for hydroxylation is 1. The minimum atomic E-state index is -0.0367. The van der Waals surface area contributed by atoms with E-state index in [2.05, 4.69) is 10.3 Å². The zero-order chi connectivity index (χ0) is 9.84. The molecule has 0 fully saturated rings. The molecule has 0 aliphatic carbocycles. The second-order valence-electron chi connectivity index (χ2n) is 2.70. The third-order valence-corrected chi connectivity index (χ3v) is 2.24. The van der Waals surface area contributed by atoms with Crippen molar-refractivity contribution in [3.05, 3.63) is 16.7 Å². The van der Waals surface area contributed by atoms with Crippen molar-refractivity contribution < 1.29 is 4.79 Å². The first-order chi connectivity index (χ1) is 6.19. The molecule has 0 saturated carbocycles. The molecule has 5 heteroatoms. The fraction of sp³-hybridized carbons (Fsp3) is 0.500. The molecule has 13 heavy (non-hydrogen) atoms. The van der Waals surface area contributed by atoms with Crippen molar-refractivity contribution in [2.75, 3.05) is 7.05 Å². The first-order valence-electron chi connectivity index (χ1n) is 4.16. The Morgan fingerprint density at radius 1 is 1.77 bits per heavy atom. The van der Waals surface area contributed by atoms with Gasteiger partial charge in [-0.25, -0.2) is 0 Å². The maximum Gasteiger partial charge on any atom is 0.239 e. The van der Waals surface area contributed by atoms with Crippen LogP contribution in [0.4, 0.5) is 0 Å². The molecule has 72 valence electrons. The number of carbonyl (C=O) groups is 1. The summed E-state index contributed by atoms with van der Waals surface area (Å²) in [6, 6.07) is 0. The molecule has 1 heterocycles. The van der Waals surface area contributed by atoms with E-state index in [1.807, 2.05) is 13.1 Å². The van der Waals surface area contributed by atoms with E-state index >= 15 is 0 Å². The maximum absolute atomic E-state index is 11.1. The first kappa shape index (κ1) is 9.98. The fourth-order valence-electron chi connectivity index (χ4n) is 1.12. The van der Waals surface area contributed by atoms with Gasteiger partial charge in [-0.3, -0.25) is 4.79 Å². The average Bonchev–Trinajstić information content (AvgIpc) is 2.48. The summed E-state index contributed by atoms with van der Waals surface area (Å²) in [6.45, 7) is 2.32. The molecule has 0 saturated heterocycles. The standard InChI is InChI=1S/C8H13N3OS/c1-3-6-4-10-8(13)11(6)5-7(12)9-2/h4H,3,5H2,1-2H3,(H,9,12)(H,10,13). The van der Waals surface area contributed by atoms with Crippen LogP contribution in [0.5, 0.6) is 0 Å². The summed E-state index contributed by atoms with van der Waals surface area (Å²) in [4.78, 5) is 14.0. The normalized spacial score (nSPS) is 10.0. The molecular weight excluding hydrogens is 186 g/mol. The van der Waals surface area contributed by atoms with Gasteiger partial charge in [-0.05, 0) is 18.6 Å². The van der Waals surface area contributed by atoms with Gasteiger partial charge in [0, 0.05) is 18.9 Å². The van der Waals surface area contributed by atoms with E-state index in [-0.39, 0.29) is 5.91 Å². The van der Waals surface area contributed by atoms with Crippen LogP contribution in [0.25, 0.3) is 0 Å². The van der Waals surface area contributed by atoms with Gasteiger partial charge in [0.05, 0.1) is 0 Å². The van der Waals surface area contributed by atoms with E-state index < -0.39 is 0 Å². The number of likely N-dealkylation sites (N-methyl/N-ethyl adjacent to an activating group) is 1. The van der Waals surface area contributed by atoms with Crippen molar-refractivity contribution in [2.45, 2.75) is 19.9 Å². The zero-order valence-electron chi connectivity index (χ0n) is 7.76. The monoisotopic (exact) mass is 199 g/mol. The molecule has 1 aromatic rings. The zero-order valence-corrected chi connectivity index (χ0v) is 8.57. The number of nitrogens with zero attached hydrogens (tertiary/aromatic N) is 1. The minimum Gasteiger partial charge on any atom is -0.358 e. The van der Waals surface area contributed by atoms with Gasteiger partial charge in [0.15, 0.2) is 4.77 Å². The number of aromatic nitrogens is 2. The van der Waals surface area contributed by atoms with Crippen LogP contribution in [-0.2, 0) is 17.8 Å². The van der Waals surface area contributed by atoms with Gasteiger partial charge in [-0.1, -0.05) is 6.92 Å². The highest BCUT2D eigenvalue weighted by molar-refractivity contribution is 7.71. The second-order valence-corrected chi connectivity index (χ2v) is 3.08. The van der Waals surface area contributed by atoms with Crippen LogP contribution < -0.4 is 5.32 Å². The fourth-order valence-corrected chi connectivity index (χ4v) is 1.36. The van der Waals surface area contributed by atoms with E-state index in [0.29, 0.717) is 11.3 Å². The lowest BCUT2D eigenvalue weighted by molar-refractivity contribution is -0.121. The highest BCUT2D eigenvalue weighted by Crippen LogP contribution is 2.01. The van der Waals surface area contributed by atoms with E-state index in [9.17, 15) is 4.79 Å². The third-order valence-electron chi connectivity index (χ3n) is 1.90. The SMILES string of the molecule is CCc1c[nH]c(=S)n1CC(=O)NC. The summed E-state index contributed by atoms with van der Waals surface area (Å²) in [7, 11) is 1.62. The highest BCUT2D eigenvalue weighted by atomic mass is 32.1. The molecule has 1 amide bonds. The number of imidazole rings is 1. The van der Waals surface area contributed by atoms with Gasteiger partial charge >= 0.3 is 0 Å². The minimum absolute atomic E-state index is 0.0367. The molecular formula is C8H13N3OS. The predicted molar refractivity (Wildman–Crippen MR) is 53.1 cm³/mol. The van der Waals surface area contributed by atoms with Gasteiger partial charge in [0.25, 0.3) is 0 Å². The van der Waals surface area contributed by atoms with E-state index in [1.54, 1.807) is 11.6 Å². The number of rotatable bonds is 3. The molecule has 0 aliphatic rings. The van der Waals surface area contributed by atoms with E-state index in [4.69, 9.17) is 12.2 Å². The van der Waals surface area contributed by atoms with Crippen LogP contribution >= 0.6 is 12.2 Å². The summed E-state index contributed by atoms with van der Waals surface area (Å²) in [6.07, 6.45) is 2.70. The Balaban J connectivity index is 2.92. The Morgan fingerprint density at radius 2 is 2.46 bits per heavy atom. The van der Waals surface area contributed by atoms with Crippen molar-refractivity contribution in [2.24, 2.45) is 0 Å². The molecule has 0 unspecified atom stereocenters. The van der Waals surface area contributed by atoms with Gasteiger partial charge in [-0.2, -0.15) is 0 Å². The van der Waals surface area contributed by atoms with E-state index in [0.717, 1.165) is 12.1 Å². The Labute approximate surface area is 82.0 Å². The lowest BCUT2D eigenvalue weighted by Crippen LogP contribution is -2.24. The maximum atomic E-state index is 11.1. The molecule has 0 radical (unpaired) electrons. The van der Waals surface area contributed by atoms with Crippen molar-refractivity contribution in [3.8, 4) is 0 Å². The number of carbonyl (C=O) groups excluding carboxylic acids is 1. The summed E-state index contributed by atoms with van der Waals surface area (Å²) in [5.74, 6) is -0.0367. The first-order valence-corrected chi connectivity index (χ1v) is 4.57. The van der Waals surface area contributed by atoms with Crippen LogP contribution in [0.1, 0.15) is 12.6 Å². The topological polar surface area (TPSA) is 49.8 Å². The summed E-state index contributed by atoms with van der Waals surface area (Å²) in [5, 5.41) is 2.56. The third kappa shape index (κ3) is 2.18. The molecule has 1 rings (SSSR count). The Kier molecular flexibility index (Phi) is 3.25. The molecule has 2 N–H and O–H groups in total. The van der Waals surface area contributed by atoms with Crippen molar-refractivity contribution in [1.82, 2.24) is 14.9 Å². The van der Waals surface area contributed by atoms with Gasteiger partial charge in [-0.15, -0.1) is 0 Å². The van der Waals surface area contributed by atoms with Crippen LogP contribution in [0, 0.1) is 4.77 Å². The number of H-pyrrole nitrogens is 1. The van der Waals surface area contributed by atoms with Crippen LogP contribution in [0.2, 0.25) is 0 Å². The highest BCUT2D eigenvalue weighted by Gasteiger charge is 2.05. The quantitative estimate of drug-likeness (QED) is 0.709. The van der Waals surface area contributed by atoms with Crippen LogP contribution in [0.15, 0.2) is 6.20 Å². The molecule has 4 nitrogen and oxygen atoms in total. The number of hydrogen-bond donors (Lipinski definition) is 2. The lowest BCUT2D eigenvalue weighted by atomic mass is 10.3. The van der Waals surface area contributed by atoms with Crippen molar-refractivity contribution in [1.29, 1.82) is 0 Å². The second kappa shape index (κ2) is 4.23. The number of hydrogen-bond acceptors (Lipinski definition) is 2. The van der Waals surface area contributed by atoms with E-state index in [1.165, 1.54) is 0 Å². The van der Waals surface area contributed by atoms with Crippen LogP contribution in [-0.4, -0.2) is 22.5 Å². The summed E-state index contributed by atoms with van der Waals surface area (Å²) >= 11 is 5.03. The molecule has 0 atom stereocenters. The van der Waals surface area contributed by atoms with Gasteiger partial charge < -0.3 is 14.9 Å². The Hall–Kier alpha value is -1.10. The smallest absolute Gasteiger partial charge is 0.239 e. The average molecular weight is 199 g/mol. The number of amides is 1. The predicted octanol–water partition coefficient (Wildman–Crippen LogP) is 0.854. The molecule has 1 aromatic heterocycles. The summed E-state index contributed by atoms with van der Waals surface area (Å²) < 4.78 is 2.40. The van der Waals surface area contributed by atoms with Crippen LogP contribution in [0.3, 0.4) is 0 Å². The number of aromatic amines is 1. The molecule has 0 aliphatic heterocycles. The summed E-state index contributed by atoms with van der Waals surface area (Å²) in [5.41, 5.74) is 1.05. The molecule has 0 aromatic carbocycles. The van der Waals surface area contributed by atoms with Gasteiger partial charge in [0.1, 0.15) is 6.54 Å².